The van der Waals surface area contributed by atoms with Gasteiger partial charge in [-0.1, -0.05) is 51.1 Å². The Kier molecular flexibility index (Phi) is 6.34. The van der Waals surface area contributed by atoms with E-state index in [2.05, 4.69) is 32.9 Å². The minimum Gasteiger partial charge on any atom is -0.299 e. The average molecular weight is 460 g/mol. The Morgan fingerprint density at radius 1 is 0.912 bits per heavy atom. The normalized spacial score (nSPS) is 18.4. The van der Waals surface area contributed by atoms with E-state index < -0.39 is 17.9 Å². The van der Waals surface area contributed by atoms with Gasteiger partial charge in [-0.2, -0.15) is 0 Å². The van der Waals surface area contributed by atoms with E-state index in [1.54, 1.807) is 18.2 Å². The maximum Gasteiger partial charge on any atom is 0.262 e. The van der Waals surface area contributed by atoms with Crippen molar-refractivity contribution in [2.75, 3.05) is 0 Å². The van der Waals surface area contributed by atoms with Gasteiger partial charge in [0, 0.05) is 19.3 Å². The van der Waals surface area contributed by atoms with Crippen LogP contribution < -0.4 is 0 Å². The molecule has 1 saturated carbocycles. The Morgan fingerprint density at radius 2 is 1.56 bits per heavy atom. The summed E-state index contributed by atoms with van der Waals surface area (Å²) in [4.78, 5) is 63.1. The topological polar surface area (TPSA) is 88.6 Å². The molecule has 0 aromatic heterocycles. The van der Waals surface area contributed by atoms with E-state index in [1.807, 2.05) is 12.1 Å². The van der Waals surface area contributed by atoms with Crippen LogP contribution >= 0.6 is 0 Å². The highest BCUT2D eigenvalue weighted by atomic mass is 16.2. The van der Waals surface area contributed by atoms with Crippen LogP contribution in [0.2, 0.25) is 0 Å². The summed E-state index contributed by atoms with van der Waals surface area (Å²) in [5.41, 5.74) is 3.58. The molecule has 2 aromatic carbocycles. The highest BCUT2D eigenvalue weighted by Gasteiger charge is 2.44. The lowest BCUT2D eigenvalue weighted by Gasteiger charge is -2.27. The van der Waals surface area contributed by atoms with Crippen molar-refractivity contribution in [1.29, 1.82) is 0 Å². The molecule has 0 N–H and O–H groups in total. The summed E-state index contributed by atoms with van der Waals surface area (Å²) in [6.45, 7) is 6.44. The van der Waals surface area contributed by atoms with Crippen molar-refractivity contribution in [1.82, 2.24) is 4.90 Å². The number of carbonyl (C=O) groups is 5. The Bertz CT molecular complexity index is 1190. The van der Waals surface area contributed by atoms with Gasteiger partial charge >= 0.3 is 0 Å². The number of ketones is 3. The summed E-state index contributed by atoms with van der Waals surface area (Å²) in [6.07, 6.45) is 1.28. The molecule has 0 bridgehead atoms. The fraction of sp³-hybridized carbons (Fsp3) is 0.393. The van der Waals surface area contributed by atoms with E-state index in [0.717, 1.165) is 16.0 Å². The van der Waals surface area contributed by atoms with E-state index in [9.17, 15) is 24.0 Å². The van der Waals surface area contributed by atoms with Crippen LogP contribution in [0.1, 0.15) is 83.9 Å². The number of imide groups is 1. The van der Waals surface area contributed by atoms with Crippen molar-refractivity contribution in [3.63, 3.8) is 0 Å². The smallest absolute Gasteiger partial charge is 0.262 e. The first-order valence-corrected chi connectivity index (χ1v) is 11.7. The third-order valence-corrected chi connectivity index (χ3v) is 6.65. The van der Waals surface area contributed by atoms with Crippen LogP contribution in [0.15, 0.2) is 42.5 Å². The number of Topliss-reactive ketones (excluding diaryl/α,β-unsaturated/α-hetero) is 3. The molecule has 0 radical (unpaired) electrons. The van der Waals surface area contributed by atoms with Gasteiger partial charge < -0.3 is 0 Å². The molecule has 2 aromatic rings. The van der Waals surface area contributed by atoms with Gasteiger partial charge in [0.25, 0.3) is 11.8 Å². The van der Waals surface area contributed by atoms with Crippen LogP contribution in [0, 0.1) is 0 Å². The lowest BCUT2D eigenvalue weighted by atomic mass is 9.86. The number of carbonyl (C=O) groups excluding carboxylic acids is 5. The van der Waals surface area contributed by atoms with Gasteiger partial charge in [-0.15, -0.1) is 0 Å². The van der Waals surface area contributed by atoms with E-state index in [-0.39, 0.29) is 53.2 Å². The largest absolute Gasteiger partial charge is 0.299 e. The molecule has 1 aliphatic carbocycles. The summed E-state index contributed by atoms with van der Waals surface area (Å²) < 4.78 is 0. The van der Waals surface area contributed by atoms with Crippen LogP contribution in [0.5, 0.6) is 0 Å². The van der Waals surface area contributed by atoms with Gasteiger partial charge in [0.15, 0.2) is 5.78 Å². The fourth-order valence-corrected chi connectivity index (χ4v) is 4.60. The summed E-state index contributed by atoms with van der Waals surface area (Å²) in [7, 11) is 0. The SMILES string of the molecule is CC(C)(C)c1ccc(CC(=O)CCc2ccc3c(c2)C(=O)N(C2CCC(=O)CC2=O)C3=O)cc1. The first-order chi connectivity index (χ1) is 16.0. The van der Waals surface area contributed by atoms with E-state index in [0.29, 0.717) is 19.3 Å². The molecule has 4 rings (SSSR count). The third-order valence-electron chi connectivity index (χ3n) is 6.65. The lowest BCUT2D eigenvalue weighted by molar-refractivity contribution is -0.132. The minimum atomic E-state index is -0.875. The number of hydrogen-bond acceptors (Lipinski definition) is 5. The van der Waals surface area contributed by atoms with Gasteiger partial charge in [0.05, 0.1) is 23.6 Å². The Hall–Kier alpha value is -3.41. The molecule has 2 amide bonds. The van der Waals surface area contributed by atoms with Crippen LogP contribution in [-0.4, -0.2) is 40.1 Å². The van der Waals surface area contributed by atoms with Crippen molar-refractivity contribution in [3.8, 4) is 0 Å². The maximum absolute atomic E-state index is 13.0. The van der Waals surface area contributed by atoms with Crippen molar-refractivity contribution in [2.45, 2.75) is 70.8 Å². The molecular weight excluding hydrogens is 430 g/mol. The monoisotopic (exact) mass is 459 g/mol. The van der Waals surface area contributed by atoms with E-state index >= 15 is 0 Å². The van der Waals surface area contributed by atoms with Crippen molar-refractivity contribution in [3.05, 3.63) is 70.3 Å². The average Bonchev–Trinajstić information content (AvgIpc) is 3.02. The number of hydrogen-bond donors (Lipinski definition) is 0. The van der Waals surface area contributed by atoms with Gasteiger partial charge in [-0.25, -0.2) is 0 Å². The van der Waals surface area contributed by atoms with Gasteiger partial charge in [-0.05, 0) is 47.1 Å². The zero-order valence-electron chi connectivity index (χ0n) is 19.8. The van der Waals surface area contributed by atoms with Gasteiger partial charge in [0.2, 0.25) is 0 Å². The number of aryl methyl sites for hydroxylation is 1. The number of amides is 2. The standard InChI is InChI=1S/C28H29NO5/c1-28(2,3)19-8-4-17(5-9-19)14-20(30)10-6-18-7-12-22-23(15-18)27(34)29(26(22)33)24-13-11-21(31)16-25(24)32/h4-5,7-9,12,15,24H,6,10-11,13-14,16H2,1-3H3. The summed E-state index contributed by atoms with van der Waals surface area (Å²) in [5.74, 6) is -1.43. The first-order valence-electron chi connectivity index (χ1n) is 11.7. The summed E-state index contributed by atoms with van der Waals surface area (Å²) >= 11 is 0. The fourth-order valence-electron chi connectivity index (χ4n) is 4.60. The van der Waals surface area contributed by atoms with Crippen molar-refractivity contribution >= 4 is 29.2 Å². The molecule has 1 unspecified atom stereocenters. The van der Waals surface area contributed by atoms with Gasteiger partial charge in [0.1, 0.15) is 11.6 Å². The zero-order chi connectivity index (χ0) is 24.6. The number of nitrogens with zero attached hydrogens (tertiary/aromatic N) is 1. The Morgan fingerprint density at radius 3 is 2.21 bits per heavy atom. The van der Waals surface area contributed by atoms with Crippen LogP contribution in [0.3, 0.4) is 0 Å². The molecule has 6 nitrogen and oxygen atoms in total. The second-order valence-corrected chi connectivity index (χ2v) is 10.3. The third kappa shape index (κ3) is 4.76. The maximum atomic E-state index is 13.0. The van der Waals surface area contributed by atoms with Crippen molar-refractivity contribution in [2.24, 2.45) is 0 Å². The molecule has 176 valence electrons. The highest BCUT2D eigenvalue weighted by Crippen LogP contribution is 2.30. The number of rotatable bonds is 6. The predicted octanol–water partition coefficient (Wildman–Crippen LogP) is 4.02. The van der Waals surface area contributed by atoms with Crippen LogP contribution in [-0.2, 0) is 32.6 Å². The second-order valence-electron chi connectivity index (χ2n) is 10.3. The molecule has 1 atom stereocenters. The molecule has 0 spiro atoms. The molecule has 6 heteroatoms. The second kappa shape index (κ2) is 9.09. The highest BCUT2D eigenvalue weighted by molar-refractivity contribution is 6.23. The van der Waals surface area contributed by atoms with Crippen LogP contribution in [0.4, 0.5) is 0 Å². The van der Waals surface area contributed by atoms with E-state index in [1.165, 1.54) is 5.56 Å². The molecule has 1 fully saturated rings. The Labute approximate surface area is 199 Å². The molecular formula is C28H29NO5. The van der Waals surface area contributed by atoms with Crippen molar-refractivity contribution < 1.29 is 24.0 Å². The van der Waals surface area contributed by atoms with E-state index in [4.69, 9.17) is 0 Å². The summed E-state index contributed by atoms with van der Waals surface area (Å²) in [6, 6.07) is 12.2. The van der Waals surface area contributed by atoms with Gasteiger partial charge in [-0.3, -0.25) is 28.9 Å². The lowest BCUT2D eigenvalue weighted by Crippen LogP contribution is -2.47. The number of benzene rings is 2. The molecule has 1 heterocycles. The molecule has 34 heavy (non-hydrogen) atoms. The Balaban J connectivity index is 1.39. The predicted molar refractivity (Wildman–Crippen MR) is 127 cm³/mol. The number of fused-ring (bicyclic) bond motifs is 1. The molecule has 2 aliphatic rings. The first kappa shape index (κ1) is 23.7. The summed E-state index contributed by atoms with van der Waals surface area (Å²) in [5, 5.41) is 0. The van der Waals surface area contributed by atoms with Crippen LogP contribution in [0.25, 0.3) is 0 Å². The molecule has 0 saturated heterocycles. The molecule has 1 aliphatic heterocycles. The minimum absolute atomic E-state index is 0.0617. The quantitative estimate of drug-likeness (QED) is 0.481. The zero-order valence-corrected chi connectivity index (χ0v) is 19.8.